The average Bonchev–Trinajstić information content (AvgIpc) is 3.14. The fourth-order valence-corrected chi connectivity index (χ4v) is 6.67. The number of amides is 1. The molecule has 2 atom stereocenters. The van der Waals surface area contributed by atoms with Gasteiger partial charge in [0.1, 0.15) is 5.60 Å². The Balaban J connectivity index is 1.69. The molecule has 1 amide bonds. The van der Waals surface area contributed by atoms with Crippen LogP contribution in [0.3, 0.4) is 0 Å². The summed E-state index contributed by atoms with van der Waals surface area (Å²) in [5, 5.41) is 14.7. The van der Waals surface area contributed by atoms with Crippen LogP contribution in [0.15, 0.2) is 103 Å². The first-order valence-electron chi connectivity index (χ1n) is 19.6. The molecular formula is C45H65NO3. The van der Waals surface area contributed by atoms with Gasteiger partial charge in [-0.15, -0.1) is 0 Å². The topological polar surface area (TPSA) is 58.6 Å². The monoisotopic (exact) mass is 667 g/mol. The van der Waals surface area contributed by atoms with E-state index in [9.17, 15) is 9.90 Å². The molecule has 0 aliphatic rings. The average molecular weight is 668 g/mol. The Hall–Kier alpha value is -3.21. The molecule has 0 bridgehead atoms. The smallest absolute Gasteiger partial charge is 0.220 e. The Morgan fingerprint density at radius 3 is 1.49 bits per heavy atom. The molecule has 0 aliphatic carbocycles. The molecule has 268 valence electrons. The molecule has 49 heavy (non-hydrogen) atoms. The lowest BCUT2D eigenvalue weighted by Crippen LogP contribution is -2.48. The van der Waals surface area contributed by atoms with Gasteiger partial charge in [-0.3, -0.25) is 4.79 Å². The third-order valence-electron chi connectivity index (χ3n) is 9.59. The molecule has 3 rings (SSSR count). The Morgan fingerprint density at radius 1 is 0.633 bits per heavy atom. The summed E-state index contributed by atoms with van der Waals surface area (Å²) in [6.07, 6.45) is 24.3. The zero-order chi connectivity index (χ0) is 34.8. The highest BCUT2D eigenvalue weighted by Gasteiger charge is 2.38. The highest BCUT2D eigenvalue weighted by Crippen LogP contribution is 2.40. The Kier molecular flexibility index (Phi) is 20.4. The van der Waals surface area contributed by atoms with Crippen LogP contribution in [-0.2, 0) is 15.1 Å². The summed E-state index contributed by atoms with van der Waals surface area (Å²) in [5.41, 5.74) is 2.06. The molecule has 0 radical (unpaired) electrons. The molecule has 0 heterocycles. The standard InChI is InChI=1S/C45H65NO3/c1-3-5-7-9-10-11-12-13-14-15-16-18-28-36-43(47)42(46-44(48)37-29-17-8-6-4-2)38-49-45(39-30-22-19-23-31-39,40-32-24-20-25-33-40)41-34-26-21-27-35-41/h19-28,30-36,42-43,47H,3-18,29,37-38H2,1-2H3,(H,46,48)/b36-28+/t42-,43+/m0/s1. The zero-order valence-corrected chi connectivity index (χ0v) is 30.7. The van der Waals surface area contributed by atoms with Crippen LogP contribution in [0.2, 0.25) is 0 Å². The fourth-order valence-electron chi connectivity index (χ4n) is 6.67. The second-order valence-electron chi connectivity index (χ2n) is 13.7. The maximum atomic E-state index is 13.2. The van der Waals surface area contributed by atoms with Crippen molar-refractivity contribution in [3.8, 4) is 0 Å². The van der Waals surface area contributed by atoms with Gasteiger partial charge in [0.2, 0.25) is 5.91 Å². The second-order valence-corrected chi connectivity index (χ2v) is 13.7. The number of hydrogen-bond acceptors (Lipinski definition) is 3. The van der Waals surface area contributed by atoms with Crippen LogP contribution in [0.4, 0.5) is 0 Å². The minimum atomic E-state index is -0.925. The summed E-state index contributed by atoms with van der Waals surface area (Å²) in [7, 11) is 0. The summed E-state index contributed by atoms with van der Waals surface area (Å²) in [4.78, 5) is 13.2. The van der Waals surface area contributed by atoms with Crippen molar-refractivity contribution in [3.63, 3.8) is 0 Å². The Morgan fingerprint density at radius 2 is 1.04 bits per heavy atom. The van der Waals surface area contributed by atoms with Crippen LogP contribution >= 0.6 is 0 Å². The molecule has 0 fully saturated rings. The van der Waals surface area contributed by atoms with E-state index in [2.05, 4.69) is 61.6 Å². The minimum absolute atomic E-state index is 0.0346. The number of nitrogens with one attached hydrogen (secondary N) is 1. The molecule has 0 unspecified atom stereocenters. The SMILES string of the molecule is CCCCCCCCCCCCC/C=C/[C@@H](O)[C@H](COC(c1ccccc1)(c1ccccc1)c1ccccc1)NC(=O)CCCCCCC. The van der Waals surface area contributed by atoms with Gasteiger partial charge in [-0.05, 0) is 36.0 Å². The maximum Gasteiger partial charge on any atom is 0.220 e. The van der Waals surface area contributed by atoms with Gasteiger partial charge in [0.15, 0.2) is 0 Å². The number of aliphatic hydroxyl groups is 1. The number of carbonyl (C=O) groups excluding carboxylic acids is 1. The molecule has 0 aliphatic heterocycles. The number of carbonyl (C=O) groups is 1. The van der Waals surface area contributed by atoms with Gasteiger partial charge in [-0.25, -0.2) is 0 Å². The van der Waals surface area contributed by atoms with Gasteiger partial charge in [-0.1, -0.05) is 207 Å². The highest BCUT2D eigenvalue weighted by molar-refractivity contribution is 5.76. The van der Waals surface area contributed by atoms with Crippen molar-refractivity contribution in [1.29, 1.82) is 0 Å². The van der Waals surface area contributed by atoms with Crippen molar-refractivity contribution in [2.24, 2.45) is 0 Å². The van der Waals surface area contributed by atoms with E-state index in [1.54, 1.807) is 0 Å². The molecule has 2 N–H and O–H groups in total. The number of hydrogen-bond donors (Lipinski definition) is 2. The molecule has 0 spiro atoms. The first-order valence-corrected chi connectivity index (χ1v) is 19.6. The lowest BCUT2D eigenvalue weighted by Gasteiger charge is -2.37. The number of allylic oxidation sites excluding steroid dienone is 1. The normalized spacial score (nSPS) is 13.0. The van der Waals surface area contributed by atoms with Crippen LogP contribution in [-0.4, -0.2) is 29.8 Å². The summed E-state index contributed by atoms with van der Waals surface area (Å²) in [6.45, 7) is 4.61. The van der Waals surface area contributed by atoms with Crippen molar-refractivity contribution >= 4 is 5.91 Å². The van der Waals surface area contributed by atoms with Gasteiger partial charge in [0, 0.05) is 6.42 Å². The van der Waals surface area contributed by atoms with Gasteiger partial charge in [0.25, 0.3) is 0 Å². The first kappa shape index (κ1) is 40.2. The molecular weight excluding hydrogens is 602 g/mol. The molecule has 3 aromatic carbocycles. The molecule has 0 aromatic heterocycles. The number of aliphatic hydroxyl groups excluding tert-OH is 1. The highest BCUT2D eigenvalue weighted by atomic mass is 16.5. The van der Waals surface area contributed by atoms with Crippen LogP contribution in [0, 0.1) is 0 Å². The van der Waals surface area contributed by atoms with E-state index in [-0.39, 0.29) is 12.5 Å². The number of rotatable bonds is 27. The van der Waals surface area contributed by atoms with Crippen molar-refractivity contribution in [2.75, 3.05) is 6.61 Å². The van der Waals surface area contributed by atoms with E-state index in [4.69, 9.17) is 4.74 Å². The number of benzene rings is 3. The van der Waals surface area contributed by atoms with Crippen molar-refractivity contribution in [2.45, 2.75) is 147 Å². The largest absolute Gasteiger partial charge is 0.387 e. The van der Waals surface area contributed by atoms with Crippen molar-refractivity contribution in [3.05, 3.63) is 120 Å². The van der Waals surface area contributed by atoms with Crippen molar-refractivity contribution < 1.29 is 14.6 Å². The fraction of sp³-hybridized carbons (Fsp3) is 0.533. The van der Waals surface area contributed by atoms with E-state index in [0.29, 0.717) is 6.42 Å². The van der Waals surface area contributed by atoms with Gasteiger partial charge >= 0.3 is 0 Å². The summed E-state index contributed by atoms with van der Waals surface area (Å²) in [5.74, 6) is -0.0346. The van der Waals surface area contributed by atoms with Crippen LogP contribution in [0.1, 0.15) is 146 Å². The quantitative estimate of drug-likeness (QED) is 0.0483. The van der Waals surface area contributed by atoms with Crippen molar-refractivity contribution in [1.82, 2.24) is 5.32 Å². The van der Waals surface area contributed by atoms with Crippen LogP contribution in [0.5, 0.6) is 0 Å². The Labute approximate surface area is 298 Å². The third kappa shape index (κ3) is 14.7. The summed E-state index contributed by atoms with van der Waals surface area (Å²) >= 11 is 0. The predicted molar refractivity (Wildman–Crippen MR) is 207 cm³/mol. The van der Waals surface area contributed by atoms with E-state index in [1.807, 2.05) is 60.7 Å². The summed E-state index contributed by atoms with van der Waals surface area (Å²) in [6, 6.07) is 30.2. The Bertz CT molecular complexity index is 1160. The maximum absolute atomic E-state index is 13.2. The first-order chi connectivity index (χ1) is 24.1. The summed E-state index contributed by atoms with van der Waals surface area (Å²) < 4.78 is 7.04. The molecule has 4 heteroatoms. The molecule has 4 nitrogen and oxygen atoms in total. The van der Waals surface area contributed by atoms with E-state index in [1.165, 1.54) is 77.0 Å². The minimum Gasteiger partial charge on any atom is -0.387 e. The third-order valence-corrected chi connectivity index (χ3v) is 9.59. The lowest BCUT2D eigenvalue weighted by atomic mass is 9.80. The van der Waals surface area contributed by atoms with Gasteiger partial charge < -0.3 is 15.2 Å². The number of ether oxygens (including phenoxy) is 1. The van der Waals surface area contributed by atoms with Gasteiger partial charge in [-0.2, -0.15) is 0 Å². The van der Waals surface area contributed by atoms with E-state index >= 15 is 0 Å². The van der Waals surface area contributed by atoms with E-state index in [0.717, 1.165) is 48.8 Å². The lowest BCUT2D eigenvalue weighted by molar-refractivity contribution is -0.123. The van der Waals surface area contributed by atoms with Crippen LogP contribution in [0.25, 0.3) is 0 Å². The van der Waals surface area contributed by atoms with Crippen LogP contribution < -0.4 is 5.32 Å². The van der Waals surface area contributed by atoms with E-state index < -0.39 is 17.7 Å². The molecule has 0 saturated carbocycles. The molecule has 0 saturated heterocycles. The second kappa shape index (κ2) is 24.8. The predicted octanol–water partition coefficient (Wildman–Crippen LogP) is 11.5. The van der Waals surface area contributed by atoms with Gasteiger partial charge in [0.05, 0.1) is 18.8 Å². The zero-order valence-electron chi connectivity index (χ0n) is 30.7. The number of unbranched alkanes of at least 4 members (excludes halogenated alkanes) is 15. The molecule has 3 aromatic rings.